The van der Waals surface area contributed by atoms with Gasteiger partial charge in [-0.25, -0.2) is 0 Å². The number of carbonyl (C=O) groups excluding carboxylic acids is 3. The second-order valence-corrected chi connectivity index (χ2v) is 21.0. The second-order valence-electron chi connectivity index (χ2n) is 21.0. The molecule has 422 valence electrons. The lowest BCUT2D eigenvalue weighted by Crippen LogP contribution is -2.30. The van der Waals surface area contributed by atoms with Crippen LogP contribution >= 0.6 is 0 Å². The van der Waals surface area contributed by atoms with E-state index in [-0.39, 0.29) is 31.1 Å². The summed E-state index contributed by atoms with van der Waals surface area (Å²) in [5.41, 5.74) is 0. The fraction of sp³-hybridized carbons (Fsp3) is 0.776. The first-order chi connectivity index (χ1) is 36.0. The standard InChI is InChI=1S/C67H118O6/c1-4-7-10-13-16-19-22-25-28-30-32-33-35-37-40-43-46-49-52-55-58-61-67(70)73-64(62-71-65(68)59-56-53-50-47-44-41-38-27-24-21-18-15-12-9-6-3)63-72-66(69)60-57-54-51-48-45-42-39-36-34-31-29-26-23-20-17-14-11-8-5-2/h17-18,20-21,25-29,38,44,47,64H,4-16,19,22-24,30-37,39-43,45-46,48-63H2,1-3H3/b20-17-,21-18-,28-25-,29-26-,38-27-,47-44-/t64-/m0/s1. The molecule has 1 atom stereocenters. The van der Waals surface area contributed by atoms with Crippen LogP contribution in [0.4, 0.5) is 0 Å². The fourth-order valence-electron chi connectivity index (χ4n) is 8.89. The van der Waals surface area contributed by atoms with Crippen LogP contribution in [0.15, 0.2) is 72.9 Å². The quantitative estimate of drug-likeness (QED) is 0.0261. The van der Waals surface area contributed by atoms with Crippen LogP contribution in [-0.2, 0) is 28.6 Å². The summed E-state index contributed by atoms with van der Waals surface area (Å²) in [5.74, 6) is -0.920. The van der Waals surface area contributed by atoms with Crippen LogP contribution in [-0.4, -0.2) is 37.2 Å². The maximum atomic E-state index is 12.9. The van der Waals surface area contributed by atoms with Crippen molar-refractivity contribution in [3.05, 3.63) is 72.9 Å². The Morgan fingerprint density at radius 2 is 0.493 bits per heavy atom. The minimum atomic E-state index is -0.794. The molecule has 0 amide bonds. The van der Waals surface area contributed by atoms with E-state index in [0.29, 0.717) is 19.3 Å². The van der Waals surface area contributed by atoms with E-state index in [0.717, 1.165) is 77.0 Å². The van der Waals surface area contributed by atoms with Gasteiger partial charge in [-0.2, -0.15) is 0 Å². The highest BCUT2D eigenvalue weighted by molar-refractivity contribution is 5.71. The van der Waals surface area contributed by atoms with E-state index < -0.39 is 6.10 Å². The topological polar surface area (TPSA) is 78.9 Å². The van der Waals surface area contributed by atoms with E-state index in [4.69, 9.17) is 14.2 Å². The Kier molecular flexibility index (Phi) is 58.7. The van der Waals surface area contributed by atoms with Crippen molar-refractivity contribution in [1.82, 2.24) is 0 Å². The molecule has 0 heterocycles. The van der Waals surface area contributed by atoms with E-state index >= 15 is 0 Å². The highest BCUT2D eigenvalue weighted by Crippen LogP contribution is 2.16. The third kappa shape index (κ3) is 59.6. The van der Waals surface area contributed by atoms with E-state index in [1.54, 1.807) is 0 Å². The van der Waals surface area contributed by atoms with Crippen molar-refractivity contribution in [2.75, 3.05) is 13.2 Å². The molecule has 73 heavy (non-hydrogen) atoms. The molecule has 0 bridgehead atoms. The number of unbranched alkanes of at least 4 members (excludes halogenated alkanes) is 34. The fourth-order valence-corrected chi connectivity index (χ4v) is 8.89. The van der Waals surface area contributed by atoms with Gasteiger partial charge in [-0.3, -0.25) is 14.4 Å². The Balaban J connectivity index is 4.39. The van der Waals surface area contributed by atoms with Crippen LogP contribution in [0.2, 0.25) is 0 Å². The highest BCUT2D eigenvalue weighted by Gasteiger charge is 2.19. The van der Waals surface area contributed by atoms with Crippen molar-refractivity contribution in [3.63, 3.8) is 0 Å². The lowest BCUT2D eigenvalue weighted by atomic mass is 10.0. The van der Waals surface area contributed by atoms with Gasteiger partial charge in [0.25, 0.3) is 0 Å². The Labute approximate surface area is 453 Å². The van der Waals surface area contributed by atoms with Gasteiger partial charge in [0.05, 0.1) is 0 Å². The summed E-state index contributed by atoms with van der Waals surface area (Å²) in [7, 11) is 0. The van der Waals surface area contributed by atoms with Gasteiger partial charge in [0, 0.05) is 19.3 Å². The zero-order valence-corrected chi connectivity index (χ0v) is 48.4. The monoisotopic (exact) mass is 1020 g/mol. The lowest BCUT2D eigenvalue weighted by molar-refractivity contribution is -0.167. The molecule has 0 aliphatic carbocycles. The normalized spacial score (nSPS) is 12.5. The minimum absolute atomic E-state index is 0.0886. The van der Waals surface area contributed by atoms with Crippen LogP contribution < -0.4 is 0 Å². The Bertz CT molecular complexity index is 1360. The van der Waals surface area contributed by atoms with E-state index in [2.05, 4.69) is 93.7 Å². The molecule has 0 aromatic heterocycles. The second kappa shape index (κ2) is 61.4. The number of allylic oxidation sites excluding steroid dienone is 12. The summed E-state index contributed by atoms with van der Waals surface area (Å²) in [6.45, 7) is 6.58. The maximum absolute atomic E-state index is 12.9. The number of hydrogen-bond donors (Lipinski definition) is 0. The van der Waals surface area contributed by atoms with Gasteiger partial charge in [0.2, 0.25) is 0 Å². The van der Waals surface area contributed by atoms with Crippen molar-refractivity contribution < 1.29 is 28.6 Å². The summed E-state index contributed by atoms with van der Waals surface area (Å²) in [6.07, 6.45) is 79.0. The largest absolute Gasteiger partial charge is 0.462 e. The van der Waals surface area contributed by atoms with Crippen molar-refractivity contribution in [1.29, 1.82) is 0 Å². The molecule has 0 aliphatic heterocycles. The third-order valence-electron chi connectivity index (χ3n) is 13.7. The van der Waals surface area contributed by atoms with Crippen LogP contribution in [0.25, 0.3) is 0 Å². The molecule has 0 aromatic rings. The van der Waals surface area contributed by atoms with Crippen molar-refractivity contribution in [2.24, 2.45) is 0 Å². The molecule has 0 spiro atoms. The molecule has 0 rings (SSSR count). The molecular weight excluding hydrogens is 901 g/mol. The first-order valence-corrected chi connectivity index (χ1v) is 31.4. The van der Waals surface area contributed by atoms with Crippen LogP contribution in [0.1, 0.15) is 316 Å². The van der Waals surface area contributed by atoms with E-state index in [1.165, 1.54) is 199 Å². The smallest absolute Gasteiger partial charge is 0.306 e. The molecule has 6 heteroatoms. The van der Waals surface area contributed by atoms with Crippen molar-refractivity contribution in [2.45, 2.75) is 322 Å². The molecule has 0 radical (unpaired) electrons. The summed E-state index contributed by atoms with van der Waals surface area (Å²) < 4.78 is 16.9. The molecule has 0 aliphatic rings. The van der Waals surface area contributed by atoms with Gasteiger partial charge in [-0.15, -0.1) is 0 Å². The van der Waals surface area contributed by atoms with E-state index in [1.807, 2.05) is 0 Å². The Morgan fingerprint density at radius 1 is 0.274 bits per heavy atom. The molecule has 0 saturated heterocycles. The Hall–Kier alpha value is -3.15. The summed E-state index contributed by atoms with van der Waals surface area (Å²) in [5, 5.41) is 0. The molecule has 0 fully saturated rings. The zero-order chi connectivity index (χ0) is 52.9. The van der Waals surface area contributed by atoms with Gasteiger partial charge in [0.15, 0.2) is 6.10 Å². The van der Waals surface area contributed by atoms with Gasteiger partial charge >= 0.3 is 17.9 Å². The first-order valence-electron chi connectivity index (χ1n) is 31.4. The molecule has 0 N–H and O–H groups in total. The average Bonchev–Trinajstić information content (AvgIpc) is 3.39. The number of esters is 3. The number of hydrogen-bond acceptors (Lipinski definition) is 6. The maximum Gasteiger partial charge on any atom is 0.306 e. The lowest BCUT2D eigenvalue weighted by Gasteiger charge is -2.18. The summed E-state index contributed by atoms with van der Waals surface area (Å²) in [6, 6.07) is 0. The third-order valence-corrected chi connectivity index (χ3v) is 13.7. The molecule has 0 saturated carbocycles. The predicted octanol–water partition coefficient (Wildman–Crippen LogP) is 21.3. The van der Waals surface area contributed by atoms with Crippen LogP contribution in [0.3, 0.4) is 0 Å². The number of carbonyl (C=O) groups is 3. The SMILES string of the molecule is CCCCC/C=C\C/C=C\C/C=C\CCCCC(=O)OC[C@@H](COC(=O)CCCCCCCCCCC/C=C\C/C=C\CCCCC)OC(=O)CCCCCCCCCCCCC/C=C\CCCCCCCC. The van der Waals surface area contributed by atoms with E-state index in [9.17, 15) is 14.4 Å². The highest BCUT2D eigenvalue weighted by atomic mass is 16.6. The van der Waals surface area contributed by atoms with Crippen LogP contribution in [0, 0.1) is 0 Å². The van der Waals surface area contributed by atoms with Gasteiger partial charge < -0.3 is 14.2 Å². The first kappa shape index (κ1) is 69.8. The minimum Gasteiger partial charge on any atom is -0.462 e. The zero-order valence-electron chi connectivity index (χ0n) is 48.4. The molecule has 6 nitrogen and oxygen atoms in total. The number of rotatable bonds is 57. The van der Waals surface area contributed by atoms with Crippen LogP contribution in [0.5, 0.6) is 0 Å². The van der Waals surface area contributed by atoms with Crippen molar-refractivity contribution in [3.8, 4) is 0 Å². The summed E-state index contributed by atoms with van der Waals surface area (Å²) in [4.78, 5) is 38.3. The van der Waals surface area contributed by atoms with Gasteiger partial charge in [-0.1, -0.05) is 254 Å². The average molecular weight is 1020 g/mol. The van der Waals surface area contributed by atoms with Crippen molar-refractivity contribution >= 4 is 17.9 Å². The number of ether oxygens (including phenoxy) is 3. The summed E-state index contributed by atoms with van der Waals surface area (Å²) >= 11 is 0. The molecule has 0 unspecified atom stereocenters. The Morgan fingerprint density at radius 3 is 0.836 bits per heavy atom. The molecule has 0 aromatic carbocycles. The van der Waals surface area contributed by atoms with Gasteiger partial charge in [0.1, 0.15) is 13.2 Å². The van der Waals surface area contributed by atoms with Gasteiger partial charge in [-0.05, 0) is 116 Å². The molecular formula is C67H118O6. The predicted molar refractivity (Wildman–Crippen MR) is 316 cm³/mol.